The summed E-state index contributed by atoms with van der Waals surface area (Å²) in [5, 5.41) is 0. The number of imide groups is 1. The molecule has 1 aromatic heterocycles. The topological polar surface area (TPSA) is 149 Å². The Morgan fingerprint density at radius 3 is 2.67 bits per heavy atom. The summed E-state index contributed by atoms with van der Waals surface area (Å²) in [5.74, 6) is -2.32. The first kappa shape index (κ1) is 19.4. The van der Waals surface area contributed by atoms with Gasteiger partial charge in [0, 0.05) is 44.0 Å². The van der Waals surface area contributed by atoms with Crippen molar-refractivity contribution in [3.8, 4) is 0 Å². The minimum absolute atomic E-state index is 0.00280. The van der Waals surface area contributed by atoms with Crippen LogP contribution >= 0.6 is 0 Å². The van der Waals surface area contributed by atoms with Crippen LogP contribution in [0.2, 0.25) is 0 Å². The van der Waals surface area contributed by atoms with Gasteiger partial charge in [-0.15, -0.1) is 0 Å². The molecule has 9 heteroatoms. The maximum absolute atomic E-state index is 13.5. The molecule has 2 fully saturated rings. The fraction of sp³-hybridized carbons (Fsp3) is 0.611. The molecular weight excluding hydrogens is 350 g/mol. The van der Waals surface area contributed by atoms with Crippen LogP contribution in [0.4, 0.5) is 0 Å². The van der Waals surface area contributed by atoms with Gasteiger partial charge in [-0.05, 0) is 5.92 Å². The van der Waals surface area contributed by atoms with Crippen LogP contribution in [-0.2, 0) is 25.6 Å². The number of nitrogens with zero attached hydrogens (tertiary/aromatic N) is 2. The summed E-state index contributed by atoms with van der Waals surface area (Å²) in [6, 6.07) is -1.91. The van der Waals surface area contributed by atoms with Crippen molar-refractivity contribution in [1.29, 1.82) is 0 Å². The smallest absolute Gasteiger partial charge is 0.338 e. The van der Waals surface area contributed by atoms with Gasteiger partial charge in [0.2, 0.25) is 0 Å². The molecule has 3 amide bonds. The van der Waals surface area contributed by atoms with E-state index in [-0.39, 0.29) is 37.0 Å². The number of H-pyrrole nitrogens is 1. The van der Waals surface area contributed by atoms with Crippen LogP contribution in [0.1, 0.15) is 38.3 Å². The van der Waals surface area contributed by atoms with E-state index in [1.165, 1.54) is 6.33 Å². The Labute approximate surface area is 157 Å². The van der Waals surface area contributed by atoms with Crippen LogP contribution in [0.15, 0.2) is 12.5 Å². The Balaban J connectivity index is 1.95. The maximum Gasteiger partial charge on any atom is 0.338 e. The first-order valence-electron chi connectivity index (χ1n) is 9.27. The zero-order valence-corrected chi connectivity index (χ0v) is 15.4. The quantitative estimate of drug-likeness (QED) is 0.585. The second kappa shape index (κ2) is 7.32. The Morgan fingerprint density at radius 1 is 1.37 bits per heavy atom. The number of likely N-dealkylation sites (tertiary alicyclic amines) is 1. The van der Waals surface area contributed by atoms with Crippen molar-refractivity contribution in [2.24, 2.45) is 23.3 Å². The molecule has 5 N–H and O–H groups in total. The zero-order chi connectivity index (χ0) is 19.8. The maximum atomic E-state index is 13.5. The summed E-state index contributed by atoms with van der Waals surface area (Å²) in [6.07, 6.45) is 4.52. The van der Waals surface area contributed by atoms with E-state index in [4.69, 9.17) is 11.5 Å². The summed E-state index contributed by atoms with van der Waals surface area (Å²) in [4.78, 5) is 57.6. The van der Waals surface area contributed by atoms with Crippen LogP contribution in [0.3, 0.4) is 0 Å². The number of Topliss-reactive ketones (excluding diaryl/α,β-unsaturated/α-hetero) is 1. The van der Waals surface area contributed by atoms with Gasteiger partial charge in [-0.2, -0.15) is 4.48 Å². The molecule has 2 aliphatic rings. The highest BCUT2D eigenvalue weighted by atomic mass is 16.2. The molecular formula is C18H26N5O4+. The molecule has 5 atom stereocenters. The lowest BCUT2D eigenvalue weighted by atomic mass is 9.93. The van der Waals surface area contributed by atoms with Gasteiger partial charge in [-0.1, -0.05) is 6.92 Å². The average Bonchev–Trinajstić information content (AvgIpc) is 3.33. The lowest BCUT2D eigenvalue weighted by molar-refractivity contribution is -0.784. The number of hydrogen-bond donors (Lipinski definition) is 3. The molecule has 1 unspecified atom stereocenters. The van der Waals surface area contributed by atoms with Crippen LogP contribution in [-0.4, -0.2) is 56.6 Å². The molecule has 1 saturated heterocycles. The summed E-state index contributed by atoms with van der Waals surface area (Å²) < 4.78 is -0.660. The number of nitrogens with one attached hydrogen (secondary N) is 1. The van der Waals surface area contributed by atoms with Crippen molar-refractivity contribution in [2.45, 2.75) is 51.1 Å². The number of ketones is 1. The molecule has 1 saturated carbocycles. The number of primary amides is 1. The number of hydrogen-bond acceptors (Lipinski definition) is 6. The minimum Gasteiger partial charge on any atom is -0.364 e. The van der Waals surface area contributed by atoms with Crippen molar-refractivity contribution in [1.82, 2.24) is 9.97 Å². The number of imidazole rings is 1. The predicted molar refractivity (Wildman–Crippen MR) is 94.5 cm³/mol. The third-order valence-electron chi connectivity index (χ3n) is 5.95. The third-order valence-corrected chi connectivity index (χ3v) is 5.95. The third kappa shape index (κ3) is 3.32. The zero-order valence-electron chi connectivity index (χ0n) is 15.4. The summed E-state index contributed by atoms with van der Waals surface area (Å²) >= 11 is 0. The van der Waals surface area contributed by atoms with Crippen LogP contribution in [0, 0.1) is 11.8 Å². The molecule has 0 radical (unpaired) electrons. The van der Waals surface area contributed by atoms with Crippen molar-refractivity contribution < 1.29 is 23.7 Å². The molecule has 9 nitrogen and oxygen atoms in total. The molecule has 146 valence electrons. The number of amides is 3. The van der Waals surface area contributed by atoms with E-state index in [9.17, 15) is 19.2 Å². The molecule has 1 aliphatic heterocycles. The molecule has 0 spiro atoms. The van der Waals surface area contributed by atoms with Gasteiger partial charge in [-0.25, -0.2) is 14.6 Å². The molecule has 0 aromatic carbocycles. The van der Waals surface area contributed by atoms with Crippen LogP contribution in [0.25, 0.3) is 0 Å². The molecule has 3 rings (SSSR count). The lowest BCUT2D eigenvalue weighted by Crippen LogP contribution is -2.68. The Kier molecular flexibility index (Phi) is 5.25. The monoisotopic (exact) mass is 376 g/mol. The number of carbonyl (C=O) groups is 4. The number of aromatic amines is 1. The standard InChI is InChI=1S/C18H25N5O4/c1-10-5-12(24)7-13(10)17(26)23(4-2-3-15(23)16(20)25)18(27)14(19)6-11-8-21-9-22-11/h8-10,13-15H,2-7,19H2,1H3,(H2-,20,21,22,25)/p+1/t10-,13-,14+,15+,23?/m1/s1. The van der Waals surface area contributed by atoms with Crippen molar-refractivity contribution in [3.63, 3.8) is 0 Å². The van der Waals surface area contributed by atoms with Crippen molar-refractivity contribution in [3.05, 3.63) is 18.2 Å². The van der Waals surface area contributed by atoms with Crippen LogP contribution in [0.5, 0.6) is 0 Å². The minimum atomic E-state index is -0.984. The normalized spacial score (nSPS) is 31.8. The van der Waals surface area contributed by atoms with Crippen molar-refractivity contribution in [2.75, 3.05) is 6.54 Å². The summed E-state index contributed by atoms with van der Waals surface area (Å²) in [7, 11) is 0. The number of quaternary nitrogens is 1. The number of carbonyl (C=O) groups excluding carboxylic acids is 4. The largest absolute Gasteiger partial charge is 0.364 e. The molecule has 1 aliphatic carbocycles. The highest BCUT2D eigenvalue weighted by Gasteiger charge is 2.60. The van der Waals surface area contributed by atoms with Crippen molar-refractivity contribution >= 4 is 23.5 Å². The van der Waals surface area contributed by atoms with Gasteiger partial charge in [0.1, 0.15) is 11.8 Å². The van der Waals surface area contributed by atoms with E-state index in [2.05, 4.69) is 9.97 Å². The van der Waals surface area contributed by atoms with Gasteiger partial charge in [0.25, 0.3) is 5.91 Å². The first-order chi connectivity index (χ1) is 12.8. The Bertz CT molecular complexity index is 762. The van der Waals surface area contributed by atoms with E-state index in [1.54, 1.807) is 6.20 Å². The first-order valence-corrected chi connectivity index (χ1v) is 9.27. The second-order valence-electron chi connectivity index (χ2n) is 7.75. The van der Waals surface area contributed by atoms with E-state index in [0.717, 1.165) is 0 Å². The van der Waals surface area contributed by atoms with Gasteiger partial charge in [0.15, 0.2) is 6.04 Å². The fourth-order valence-corrected chi connectivity index (χ4v) is 4.58. The number of nitrogens with two attached hydrogens (primary N) is 2. The number of aromatic nitrogens is 2. The predicted octanol–water partition coefficient (Wildman–Crippen LogP) is -0.588. The van der Waals surface area contributed by atoms with Gasteiger partial charge in [-0.3, -0.25) is 9.59 Å². The summed E-state index contributed by atoms with van der Waals surface area (Å²) in [6.45, 7) is 2.02. The number of rotatable bonds is 5. The molecule has 1 aromatic rings. The summed E-state index contributed by atoms with van der Waals surface area (Å²) in [5.41, 5.74) is 12.4. The Hall–Kier alpha value is -2.39. The SMILES string of the molecule is C[C@@H]1CC(=O)C[C@H]1C(=O)[N+]1(C(=O)[C@@H](N)Cc2cnc[nH]2)CCC[C@H]1C(N)=O. The van der Waals surface area contributed by atoms with E-state index in [1.807, 2.05) is 6.92 Å². The van der Waals surface area contributed by atoms with Gasteiger partial charge < -0.3 is 16.5 Å². The highest BCUT2D eigenvalue weighted by molar-refractivity contribution is 5.96. The fourth-order valence-electron chi connectivity index (χ4n) is 4.58. The average molecular weight is 376 g/mol. The Morgan fingerprint density at radius 2 is 2.11 bits per heavy atom. The lowest BCUT2D eigenvalue weighted by Gasteiger charge is -2.37. The molecule has 2 heterocycles. The van der Waals surface area contributed by atoms with Gasteiger partial charge in [0.05, 0.1) is 18.8 Å². The van der Waals surface area contributed by atoms with E-state index < -0.39 is 34.3 Å². The van der Waals surface area contributed by atoms with E-state index >= 15 is 0 Å². The second-order valence-corrected chi connectivity index (χ2v) is 7.75. The molecule has 27 heavy (non-hydrogen) atoms. The highest BCUT2D eigenvalue weighted by Crippen LogP contribution is 2.38. The van der Waals surface area contributed by atoms with E-state index in [0.29, 0.717) is 25.0 Å². The van der Waals surface area contributed by atoms with Gasteiger partial charge >= 0.3 is 11.8 Å². The molecule has 0 bridgehead atoms. The van der Waals surface area contributed by atoms with Crippen LogP contribution < -0.4 is 11.5 Å².